The second-order valence-electron chi connectivity index (χ2n) is 3.51. The average Bonchev–Trinajstić information content (AvgIpc) is 2.26. The molecule has 0 saturated carbocycles. The molecule has 82 valence electrons. The molecular weight excluding hydrogens is 207 g/mol. The maximum atomic E-state index is 13.5. The standard InChI is InChI=1S/C12H11FN2O/c13-11-2-1-3-12(14)10(11)8-15-6-4-9(16)5-7-15/h1-7H,8,14H2. The fourth-order valence-electron chi connectivity index (χ4n) is 1.47. The Hall–Kier alpha value is -2.10. The van der Waals surface area contributed by atoms with E-state index in [1.165, 1.54) is 18.2 Å². The Morgan fingerprint density at radius 3 is 2.50 bits per heavy atom. The number of aromatic nitrogens is 1. The number of nitrogens with two attached hydrogens (primary N) is 1. The lowest BCUT2D eigenvalue weighted by molar-refractivity contribution is 0.600. The maximum Gasteiger partial charge on any atom is 0.181 e. The summed E-state index contributed by atoms with van der Waals surface area (Å²) in [5.41, 5.74) is 6.46. The van der Waals surface area contributed by atoms with Crippen LogP contribution in [0, 0.1) is 5.82 Å². The molecule has 0 aliphatic rings. The molecular formula is C12H11FN2O. The van der Waals surface area contributed by atoms with E-state index in [1.54, 1.807) is 29.1 Å². The number of rotatable bonds is 2. The van der Waals surface area contributed by atoms with Crippen LogP contribution in [0.1, 0.15) is 5.56 Å². The minimum atomic E-state index is -0.335. The number of nitrogens with zero attached hydrogens (tertiary/aromatic N) is 1. The molecule has 2 rings (SSSR count). The third-order valence-electron chi connectivity index (χ3n) is 2.36. The van der Waals surface area contributed by atoms with E-state index in [4.69, 9.17) is 5.73 Å². The fraction of sp³-hybridized carbons (Fsp3) is 0.0833. The van der Waals surface area contributed by atoms with Crippen LogP contribution in [0.25, 0.3) is 0 Å². The topological polar surface area (TPSA) is 48.0 Å². The summed E-state index contributed by atoms with van der Waals surface area (Å²) >= 11 is 0. The van der Waals surface area contributed by atoms with Gasteiger partial charge in [0, 0.05) is 35.8 Å². The normalized spacial score (nSPS) is 10.3. The van der Waals surface area contributed by atoms with E-state index in [-0.39, 0.29) is 11.2 Å². The molecule has 2 N–H and O–H groups in total. The summed E-state index contributed by atoms with van der Waals surface area (Å²) < 4.78 is 15.2. The van der Waals surface area contributed by atoms with Crippen molar-refractivity contribution < 1.29 is 4.39 Å². The molecule has 3 nitrogen and oxygen atoms in total. The van der Waals surface area contributed by atoms with E-state index in [0.717, 1.165) is 0 Å². The van der Waals surface area contributed by atoms with Crippen LogP contribution < -0.4 is 11.2 Å². The van der Waals surface area contributed by atoms with Crippen molar-refractivity contribution in [2.24, 2.45) is 0 Å². The minimum Gasteiger partial charge on any atom is -0.398 e. The van der Waals surface area contributed by atoms with Gasteiger partial charge in [0.05, 0.1) is 6.54 Å². The van der Waals surface area contributed by atoms with E-state index in [0.29, 0.717) is 17.8 Å². The summed E-state index contributed by atoms with van der Waals surface area (Å²) in [6.07, 6.45) is 3.21. The first-order valence-corrected chi connectivity index (χ1v) is 4.86. The maximum absolute atomic E-state index is 13.5. The Morgan fingerprint density at radius 1 is 1.19 bits per heavy atom. The molecule has 1 heterocycles. The van der Waals surface area contributed by atoms with Crippen molar-refractivity contribution in [2.75, 3.05) is 5.73 Å². The summed E-state index contributed by atoms with van der Waals surface area (Å²) in [6, 6.07) is 7.45. The largest absolute Gasteiger partial charge is 0.398 e. The van der Waals surface area contributed by atoms with Gasteiger partial charge in [-0.2, -0.15) is 0 Å². The molecule has 0 fully saturated rings. The summed E-state index contributed by atoms with van der Waals surface area (Å²) in [5, 5.41) is 0. The van der Waals surface area contributed by atoms with Crippen LogP contribution >= 0.6 is 0 Å². The van der Waals surface area contributed by atoms with Crippen LogP contribution in [0.4, 0.5) is 10.1 Å². The molecule has 1 aromatic heterocycles. The number of benzene rings is 1. The number of hydrogen-bond acceptors (Lipinski definition) is 2. The zero-order valence-electron chi connectivity index (χ0n) is 8.56. The van der Waals surface area contributed by atoms with Gasteiger partial charge in [0.15, 0.2) is 5.43 Å². The van der Waals surface area contributed by atoms with Gasteiger partial charge in [-0.15, -0.1) is 0 Å². The van der Waals surface area contributed by atoms with Crippen molar-refractivity contribution in [3.05, 3.63) is 64.3 Å². The zero-order valence-corrected chi connectivity index (χ0v) is 8.56. The van der Waals surface area contributed by atoms with Gasteiger partial charge >= 0.3 is 0 Å². The molecule has 0 radical (unpaired) electrons. The third kappa shape index (κ3) is 2.11. The van der Waals surface area contributed by atoms with Crippen molar-refractivity contribution in [3.63, 3.8) is 0 Å². The number of anilines is 1. The van der Waals surface area contributed by atoms with Crippen LogP contribution in [0.5, 0.6) is 0 Å². The highest BCUT2D eigenvalue weighted by atomic mass is 19.1. The fourth-order valence-corrected chi connectivity index (χ4v) is 1.47. The molecule has 1 aromatic carbocycles. The molecule has 4 heteroatoms. The first-order valence-electron chi connectivity index (χ1n) is 4.86. The quantitative estimate of drug-likeness (QED) is 0.778. The highest BCUT2D eigenvalue weighted by Crippen LogP contribution is 2.16. The number of pyridine rings is 1. The highest BCUT2D eigenvalue weighted by molar-refractivity contribution is 5.47. The summed E-state index contributed by atoms with van der Waals surface area (Å²) in [5.74, 6) is -0.335. The molecule has 16 heavy (non-hydrogen) atoms. The van der Waals surface area contributed by atoms with Crippen LogP contribution in [-0.2, 0) is 6.54 Å². The number of nitrogen functional groups attached to an aromatic ring is 1. The molecule has 0 unspecified atom stereocenters. The van der Waals surface area contributed by atoms with E-state index < -0.39 is 0 Å². The second-order valence-corrected chi connectivity index (χ2v) is 3.51. The molecule has 0 saturated heterocycles. The molecule has 2 aromatic rings. The van der Waals surface area contributed by atoms with Gasteiger partial charge in [0.1, 0.15) is 5.82 Å². The highest BCUT2D eigenvalue weighted by Gasteiger charge is 2.05. The zero-order chi connectivity index (χ0) is 11.5. The first-order chi connectivity index (χ1) is 7.66. The smallest absolute Gasteiger partial charge is 0.181 e. The second kappa shape index (κ2) is 4.18. The van der Waals surface area contributed by atoms with Gasteiger partial charge < -0.3 is 10.3 Å². The average molecular weight is 218 g/mol. The predicted octanol–water partition coefficient (Wildman–Crippen LogP) is 1.62. The first kappa shape index (κ1) is 10.4. The molecule has 0 spiro atoms. The Kier molecular flexibility index (Phi) is 2.72. The van der Waals surface area contributed by atoms with Crippen molar-refractivity contribution in [2.45, 2.75) is 6.54 Å². The third-order valence-corrected chi connectivity index (χ3v) is 2.36. The van der Waals surface area contributed by atoms with Crippen molar-refractivity contribution in [3.8, 4) is 0 Å². The van der Waals surface area contributed by atoms with Gasteiger partial charge in [-0.1, -0.05) is 6.07 Å². The molecule has 0 aliphatic carbocycles. The SMILES string of the molecule is Nc1cccc(F)c1Cn1ccc(=O)cc1. The molecule has 0 aliphatic heterocycles. The van der Waals surface area contributed by atoms with E-state index in [2.05, 4.69) is 0 Å². The van der Waals surface area contributed by atoms with Gasteiger partial charge in [-0.25, -0.2) is 4.39 Å². The van der Waals surface area contributed by atoms with Crippen LogP contribution in [0.2, 0.25) is 0 Å². The van der Waals surface area contributed by atoms with Crippen molar-refractivity contribution >= 4 is 5.69 Å². The summed E-state index contributed by atoms with van der Waals surface area (Å²) in [4.78, 5) is 10.9. The Morgan fingerprint density at radius 2 is 1.88 bits per heavy atom. The van der Waals surface area contributed by atoms with Gasteiger partial charge in [-0.05, 0) is 12.1 Å². The Labute approximate surface area is 92.0 Å². The van der Waals surface area contributed by atoms with Gasteiger partial charge in [0.25, 0.3) is 0 Å². The van der Waals surface area contributed by atoms with Crippen LogP contribution in [-0.4, -0.2) is 4.57 Å². The van der Waals surface area contributed by atoms with Crippen molar-refractivity contribution in [1.29, 1.82) is 0 Å². The number of hydrogen-bond donors (Lipinski definition) is 1. The van der Waals surface area contributed by atoms with E-state index in [9.17, 15) is 9.18 Å². The summed E-state index contributed by atoms with van der Waals surface area (Å²) in [7, 11) is 0. The monoisotopic (exact) mass is 218 g/mol. The minimum absolute atomic E-state index is 0.0715. The molecule has 0 atom stereocenters. The molecule has 0 bridgehead atoms. The van der Waals surface area contributed by atoms with Gasteiger partial charge in [0.2, 0.25) is 0 Å². The Balaban J connectivity index is 2.34. The van der Waals surface area contributed by atoms with Gasteiger partial charge in [-0.3, -0.25) is 4.79 Å². The predicted molar refractivity (Wildman–Crippen MR) is 60.6 cm³/mol. The van der Waals surface area contributed by atoms with Crippen LogP contribution in [0.15, 0.2) is 47.5 Å². The lowest BCUT2D eigenvalue weighted by Gasteiger charge is -2.09. The van der Waals surface area contributed by atoms with Crippen LogP contribution in [0.3, 0.4) is 0 Å². The summed E-state index contributed by atoms with van der Waals surface area (Å²) in [6.45, 7) is 0.318. The lowest BCUT2D eigenvalue weighted by Crippen LogP contribution is -2.08. The van der Waals surface area contributed by atoms with Crippen molar-refractivity contribution in [1.82, 2.24) is 4.57 Å². The number of halogens is 1. The van der Waals surface area contributed by atoms with E-state index >= 15 is 0 Å². The van der Waals surface area contributed by atoms with E-state index in [1.807, 2.05) is 0 Å². The lowest BCUT2D eigenvalue weighted by atomic mass is 10.1. The molecule has 0 amide bonds. The Bertz CT molecular complexity index is 522.